The number of imide groups is 2. The van der Waals surface area contributed by atoms with Crippen LogP contribution in [0.4, 0.5) is 10.5 Å². The van der Waals surface area contributed by atoms with Gasteiger partial charge in [0.2, 0.25) is 0 Å². The summed E-state index contributed by atoms with van der Waals surface area (Å²) in [6.45, 7) is 5.97. The SMILES string of the molecule is C=CCOc1ccc(/C=C2/C(=O)NC(=O)N(c3ccc(CC)cc3)C2=O)cc1Br. The Morgan fingerprint density at radius 3 is 2.48 bits per heavy atom. The molecule has 0 aromatic heterocycles. The molecule has 0 unspecified atom stereocenters. The van der Waals surface area contributed by atoms with Crippen LogP contribution in [-0.2, 0) is 16.0 Å². The number of nitrogens with one attached hydrogen (secondary N) is 1. The number of aryl methyl sites for hydroxylation is 1. The molecule has 0 aliphatic carbocycles. The lowest BCUT2D eigenvalue weighted by atomic mass is 10.1. The molecule has 1 fully saturated rings. The Morgan fingerprint density at radius 1 is 1.14 bits per heavy atom. The molecular weight excluding hydrogens is 436 g/mol. The minimum Gasteiger partial charge on any atom is -0.488 e. The lowest BCUT2D eigenvalue weighted by Crippen LogP contribution is -2.54. The molecule has 2 aromatic carbocycles. The van der Waals surface area contributed by atoms with Gasteiger partial charge in [0.15, 0.2) is 0 Å². The van der Waals surface area contributed by atoms with Crippen molar-refractivity contribution in [3.63, 3.8) is 0 Å². The normalized spacial score (nSPS) is 15.4. The molecule has 6 nitrogen and oxygen atoms in total. The number of hydrogen-bond acceptors (Lipinski definition) is 4. The highest BCUT2D eigenvalue weighted by Gasteiger charge is 2.36. The molecule has 1 N–H and O–H groups in total. The predicted octanol–water partition coefficient (Wildman–Crippen LogP) is 4.24. The number of ether oxygens (including phenoxy) is 1. The van der Waals surface area contributed by atoms with Gasteiger partial charge in [0.05, 0.1) is 10.2 Å². The number of rotatable bonds is 6. The van der Waals surface area contributed by atoms with Gasteiger partial charge in [0, 0.05) is 0 Å². The highest BCUT2D eigenvalue weighted by molar-refractivity contribution is 9.10. The van der Waals surface area contributed by atoms with Crippen LogP contribution in [0.25, 0.3) is 6.08 Å². The van der Waals surface area contributed by atoms with Gasteiger partial charge in [-0.1, -0.05) is 37.8 Å². The van der Waals surface area contributed by atoms with Gasteiger partial charge in [-0.15, -0.1) is 0 Å². The van der Waals surface area contributed by atoms with E-state index in [1.54, 1.807) is 36.4 Å². The summed E-state index contributed by atoms with van der Waals surface area (Å²) in [6.07, 6.45) is 3.91. The first-order valence-electron chi connectivity index (χ1n) is 8.98. The summed E-state index contributed by atoms with van der Waals surface area (Å²) >= 11 is 3.41. The second-order valence-electron chi connectivity index (χ2n) is 6.27. The predicted molar refractivity (Wildman–Crippen MR) is 115 cm³/mol. The lowest BCUT2D eigenvalue weighted by molar-refractivity contribution is -0.122. The largest absolute Gasteiger partial charge is 0.488 e. The third kappa shape index (κ3) is 4.46. The molecule has 1 heterocycles. The maximum Gasteiger partial charge on any atom is 0.335 e. The topological polar surface area (TPSA) is 75.7 Å². The molecule has 0 saturated carbocycles. The van der Waals surface area contributed by atoms with Crippen LogP contribution < -0.4 is 15.0 Å². The Bertz CT molecular complexity index is 1010. The van der Waals surface area contributed by atoms with Crippen LogP contribution in [0.1, 0.15) is 18.1 Å². The molecule has 1 aliphatic rings. The molecular formula is C22H19BrN2O4. The molecule has 1 aliphatic heterocycles. The van der Waals surface area contributed by atoms with Gasteiger partial charge in [-0.25, -0.2) is 9.69 Å². The number of urea groups is 1. The van der Waals surface area contributed by atoms with Gasteiger partial charge in [0.1, 0.15) is 17.9 Å². The quantitative estimate of drug-likeness (QED) is 0.402. The summed E-state index contributed by atoms with van der Waals surface area (Å²) in [5, 5.41) is 2.22. The maximum absolute atomic E-state index is 12.9. The first-order chi connectivity index (χ1) is 13.9. The minimum absolute atomic E-state index is 0.129. The molecule has 2 aromatic rings. The molecule has 7 heteroatoms. The van der Waals surface area contributed by atoms with Gasteiger partial charge in [0.25, 0.3) is 11.8 Å². The van der Waals surface area contributed by atoms with E-state index in [0.717, 1.165) is 16.9 Å². The average Bonchev–Trinajstić information content (AvgIpc) is 2.71. The monoisotopic (exact) mass is 454 g/mol. The molecule has 148 valence electrons. The van der Waals surface area contributed by atoms with Crippen molar-refractivity contribution >= 4 is 45.5 Å². The molecule has 0 atom stereocenters. The van der Waals surface area contributed by atoms with E-state index in [1.807, 2.05) is 19.1 Å². The number of nitrogens with zero attached hydrogens (tertiary/aromatic N) is 1. The molecule has 4 amide bonds. The van der Waals surface area contributed by atoms with Crippen LogP contribution >= 0.6 is 15.9 Å². The van der Waals surface area contributed by atoms with E-state index in [2.05, 4.69) is 27.8 Å². The highest BCUT2D eigenvalue weighted by Crippen LogP contribution is 2.28. The summed E-state index contributed by atoms with van der Waals surface area (Å²) in [5.41, 5.74) is 1.96. The first-order valence-corrected chi connectivity index (χ1v) is 9.77. The van der Waals surface area contributed by atoms with Gasteiger partial charge >= 0.3 is 6.03 Å². The van der Waals surface area contributed by atoms with Crippen molar-refractivity contribution in [3.8, 4) is 5.75 Å². The first kappa shape index (κ1) is 20.5. The molecule has 3 rings (SSSR count). The number of carbonyl (C=O) groups is 3. The van der Waals surface area contributed by atoms with Crippen LogP contribution in [0, 0.1) is 0 Å². The van der Waals surface area contributed by atoms with E-state index < -0.39 is 17.8 Å². The lowest BCUT2D eigenvalue weighted by Gasteiger charge is -2.26. The van der Waals surface area contributed by atoms with Crippen molar-refractivity contribution in [2.75, 3.05) is 11.5 Å². The number of amides is 4. The fourth-order valence-electron chi connectivity index (χ4n) is 2.81. The van der Waals surface area contributed by atoms with Crippen LogP contribution in [-0.4, -0.2) is 24.5 Å². The average molecular weight is 455 g/mol. The standard InChI is InChI=1S/C22H19BrN2O4/c1-3-11-29-19-10-7-15(13-18(19)23)12-17-20(26)24-22(28)25(21(17)27)16-8-5-14(4-2)6-9-16/h3,5-10,12-13H,1,4,11H2,2H3,(H,24,26,28)/b17-12-. The Kier molecular flexibility index (Phi) is 6.29. The Hall–Kier alpha value is -3.19. The van der Waals surface area contributed by atoms with E-state index in [1.165, 1.54) is 6.08 Å². The second-order valence-corrected chi connectivity index (χ2v) is 7.12. The summed E-state index contributed by atoms with van der Waals surface area (Å²) < 4.78 is 6.16. The second kappa shape index (κ2) is 8.87. The zero-order valence-corrected chi connectivity index (χ0v) is 17.4. The molecule has 0 radical (unpaired) electrons. The van der Waals surface area contributed by atoms with Crippen LogP contribution in [0.3, 0.4) is 0 Å². The Balaban J connectivity index is 1.92. The van der Waals surface area contributed by atoms with E-state index >= 15 is 0 Å². The molecule has 1 saturated heterocycles. The molecule has 0 spiro atoms. The maximum atomic E-state index is 12.9. The van der Waals surface area contributed by atoms with Crippen LogP contribution in [0.15, 0.2) is 65.2 Å². The van der Waals surface area contributed by atoms with Crippen molar-refractivity contribution < 1.29 is 19.1 Å². The Morgan fingerprint density at radius 2 is 1.86 bits per heavy atom. The van der Waals surface area contributed by atoms with Crippen LogP contribution in [0.5, 0.6) is 5.75 Å². The van der Waals surface area contributed by atoms with Gasteiger partial charge in [-0.2, -0.15) is 0 Å². The number of carbonyl (C=O) groups excluding carboxylic acids is 3. The zero-order chi connectivity index (χ0) is 21.0. The van der Waals surface area contributed by atoms with Crippen molar-refractivity contribution in [2.45, 2.75) is 13.3 Å². The van der Waals surface area contributed by atoms with Crippen molar-refractivity contribution in [1.82, 2.24) is 5.32 Å². The minimum atomic E-state index is -0.768. The van der Waals surface area contributed by atoms with Gasteiger partial charge in [-0.05, 0) is 63.8 Å². The van der Waals surface area contributed by atoms with Crippen molar-refractivity contribution in [1.29, 1.82) is 0 Å². The number of halogens is 1. The summed E-state index contributed by atoms with van der Waals surface area (Å²) in [7, 11) is 0. The number of benzene rings is 2. The third-order valence-corrected chi connectivity index (χ3v) is 4.95. The smallest absolute Gasteiger partial charge is 0.335 e. The van der Waals surface area contributed by atoms with Crippen LogP contribution in [0.2, 0.25) is 0 Å². The zero-order valence-electron chi connectivity index (χ0n) is 15.8. The molecule has 29 heavy (non-hydrogen) atoms. The summed E-state index contributed by atoms with van der Waals surface area (Å²) in [4.78, 5) is 38.5. The Labute approximate surface area is 177 Å². The van der Waals surface area contributed by atoms with Crippen molar-refractivity contribution in [2.24, 2.45) is 0 Å². The number of barbiturate groups is 1. The summed E-state index contributed by atoms with van der Waals surface area (Å²) in [6, 6.07) is 11.5. The summed E-state index contributed by atoms with van der Waals surface area (Å²) in [5.74, 6) is -0.796. The van der Waals surface area contributed by atoms with Gasteiger partial charge in [-0.3, -0.25) is 14.9 Å². The number of anilines is 1. The fraction of sp³-hybridized carbons (Fsp3) is 0.136. The fourth-order valence-corrected chi connectivity index (χ4v) is 3.32. The van der Waals surface area contributed by atoms with Gasteiger partial charge < -0.3 is 4.74 Å². The van der Waals surface area contributed by atoms with E-state index in [4.69, 9.17) is 4.74 Å². The van der Waals surface area contributed by atoms with E-state index in [0.29, 0.717) is 28.1 Å². The third-order valence-electron chi connectivity index (χ3n) is 4.33. The van der Waals surface area contributed by atoms with Crippen molar-refractivity contribution in [3.05, 3.63) is 76.3 Å². The van der Waals surface area contributed by atoms with E-state index in [-0.39, 0.29) is 5.57 Å². The van der Waals surface area contributed by atoms with E-state index in [9.17, 15) is 14.4 Å². The highest BCUT2D eigenvalue weighted by atomic mass is 79.9. The molecule has 0 bridgehead atoms. The number of hydrogen-bond donors (Lipinski definition) is 1.